The van der Waals surface area contributed by atoms with E-state index < -0.39 is 24.1 Å². The Labute approximate surface area is 280 Å². The van der Waals surface area contributed by atoms with Gasteiger partial charge in [0.15, 0.2) is 0 Å². The second-order valence-corrected chi connectivity index (χ2v) is 10.6. The Bertz CT molecular complexity index is 1730. The van der Waals surface area contributed by atoms with Crippen molar-refractivity contribution in [3.05, 3.63) is 119 Å². The fraction of sp³-hybridized carbons (Fsp3) is 0.200. The molecule has 14 heteroatoms. The molecule has 0 spiro atoms. The molecule has 49 heavy (non-hydrogen) atoms. The van der Waals surface area contributed by atoms with Crippen LogP contribution in [-0.4, -0.2) is 47.4 Å². The van der Waals surface area contributed by atoms with Crippen LogP contribution in [0.5, 0.6) is 5.75 Å². The molecule has 1 atom stereocenters. The van der Waals surface area contributed by atoms with Crippen LogP contribution in [0.1, 0.15) is 34.7 Å². The lowest BCUT2D eigenvalue weighted by Crippen LogP contribution is -2.23. The maximum Gasteiger partial charge on any atom is 0.490 e. The zero-order chi connectivity index (χ0) is 36.0. The smallest absolute Gasteiger partial charge is 0.490 e. The molecule has 0 saturated carbocycles. The molecule has 0 aliphatic rings. The SMILES string of the molecule is COc1cc(CC(=O)Nc2ccc(C(CC(=O)O)NCc3ccccc3)cc2)ccc1NC(=O)Nc1ccccc1C.O=C(O)C(F)(F)F. The van der Waals surface area contributed by atoms with Gasteiger partial charge in [0.2, 0.25) is 5.91 Å². The molecular weight excluding hydrogens is 645 g/mol. The van der Waals surface area contributed by atoms with Gasteiger partial charge < -0.3 is 36.2 Å². The first-order valence-corrected chi connectivity index (χ1v) is 14.7. The van der Waals surface area contributed by atoms with Crippen LogP contribution in [-0.2, 0) is 27.3 Å². The molecule has 0 fully saturated rings. The van der Waals surface area contributed by atoms with Gasteiger partial charge in [0.25, 0.3) is 0 Å². The predicted molar refractivity (Wildman–Crippen MR) is 178 cm³/mol. The second-order valence-electron chi connectivity index (χ2n) is 10.6. The first-order chi connectivity index (χ1) is 23.2. The summed E-state index contributed by atoms with van der Waals surface area (Å²) in [7, 11) is 1.50. The molecule has 0 aromatic heterocycles. The van der Waals surface area contributed by atoms with Crippen molar-refractivity contribution in [1.82, 2.24) is 5.32 Å². The van der Waals surface area contributed by atoms with Gasteiger partial charge in [-0.15, -0.1) is 0 Å². The lowest BCUT2D eigenvalue weighted by atomic mass is 10.0. The zero-order valence-corrected chi connectivity index (χ0v) is 26.5. The number of hydrogen-bond donors (Lipinski definition) is 6. The molecule has 4 rings (SSSR count). The highest BCUT2D eigenvalue weighted by Gasteiger charge is 2.38. The Hall–Kier alpha value is -5.89. The largest absolute Gasteiger partial charge is 0.495 e. The maximum absolute atomic E-state index is 12.8. The lowest BCUT2D eigenvalue weighted by Gasteiger charge is -2.18. The number of ether oxygens (including phenoxy) is 1. The number of rotatable bonds is 12. The molecule has 0 bridgehead atoms. The van der Waals surface area contributed by atoms with Crippen molar-refractivity contribution < 1.29 is 47.3 Å². The third-order valence-corrected chi connectivity index (χ3v) is 6.89. The molecule has 258 valence electrons. The van der Waals surface area contributed by atoms with Gasteiger partial charge in [-0.25, -0.2) is 9.59 Å². The number of amides is 3. The molecule has 4 aromatic rings. The molecule has 11 nitrogen and oxygen atoms in total. The van der Waals surface area contributed by atoms with Gasteiger partial charge in [0.1, 0.15) is 5.75 Å². The van der Waals surface area contributed by atoms with Crippen molar-refractivity contribution >= 4 is 40.9 Å². The average molecular weight is 681 g/mol. The fourth-order valence-electron chi connectivity index (χ4n) is 4.45. The van der Waals surface area contributed by atoms with Crippen LogP contribution >= 0.6 is 0 Å². The number of carbonyl (C=O) groups is 4. The van der Waals surface area contributed by atoms with Gasteiger partial charge in [0, 0.05) is 24.0 Å². The van der Waals surface area contributed by atoms with E-state index in [0.717, 1.165) is 16.7 Å². The second kappa shape index (κ2) is 17.9. The summed E-state index contributed by atoms with van der Waals surface area (Å²) in [5, 5.41) is 28.3. The monoisotopic (exact) mass is 680 g/mol. The van der Waals surface area contributed by atoms with E-state index in [1.807, 2.05) is 73.7 Å². The molecule has 0 saturated heterocycles. The lowest BCUT2D eigenvalue weighted by molar-refractivity contribution is -0.192. The van der Waals surface area contributed by atoms with Crippen molar-refractivity contribution in [2.75, 3.05) is 23.1 Å². The molecule has 3 amide bonds. The number of aliphatic carboxylic acids is 2. The first kappa shape index (κ1) is 37.6. The summed E-state index contributed by atoms with van der Waals surface area (Å²) in [4.78, 5) is 45.6. The standard InChI is InChI=1S/C33H34N4O5.C2HF3O2/c1-22-8-6-7-11-27(22)36-33(41)37-28-17-12-24(18-30(28)42-2)19-31(38)35-26-15-13-25(14-16-26)29(20-32(39)40)34-21-23-9-4-3-5-10-23;3-2(4,5)1(6)7/h3-18,29,34H,19-21H2,1-2H3,(H,35,38)(H,39,40)(H2,36,37,41);(H,6,7). The summed E-state index contributed by atoms with van der Waals surface area (Å²) in [5.74, 6) is -3.46. The highest BCUT2D eigenvalue weighted by Crippen LogP contribution is 2.27. The topological polar surface area (TPSA) is 166 Å². The predicted octanol–water partition coefficient (Wildman–Crippen LogP) is 6.77. The van der Waals surface area contributed by atoms with E-state index in [1.54, 1.807) is 30.3 Å². The number of methoxy groups -OCH3 is 1. The number of carboxylic acids is 2. The minimum atomic E-state index is -5.08. The van der Waals surface area contributed by atoms with Crippen molar-refractivity contribution in [2.24, 2.45) is 0 Å². The number of nitrogens with one attached hydrogen (secondary N) is 4. The van der Waals surface area contributed by atoms with E-state index in [9.17, 15) is 32.7 Å². The van der Waals surface area contributed by atoms with Gasteiger partial charge in [-0.05, 0) is 59.5 Å². The van der Waals surface area contributed by atoms with Gasteiger partial charge in [0.05, 0.1) is 25.6 Å². The summed E-state index contributed by atoms with van der Waals surface area (Å²) < 4.78 is 37.2. The number of alkyl halides is 3. The van der Waals surface area contributed by atoms with Crippen LogP contribution in [0, 0.1) is 6.92 Å². The molecule has 1 unspecified atom stereocenters. The third-order valence-electron chi connectivity index (χ3n) is 6.89. The van der Waals surface area contributed by atoms with E-state index in [-0.39, 0.29) is 24.8 Å². The Kier molecular flexibility index (Phi) is 13.7. The number of anilines is 3. The van der Waals surface area contributed by atoms with Gasteiger partial charge >= 0.3 is 24.1 Å². The fourth-order valence-corrected chi connectivity index (χ4v) is 4.45. The minimum absolute atomic E-state index is 0.0707. The number of carbonyl (C=O) groups excluding carboxylic acids is 2. The van der Waals surface area contributed by atoms with Crippen LogP contribution in [0.15, 0.2) is 97.1 Å². The molecule has 0 heterocycles. The van der Waals surface area contributed by atoms with Crippen molar-refractivity contribution in [1.29, 1.82) is 0 Å². The van der Waals surface area contributed by atoms with Crippen LogP contribution in [0.25, 0.3) is 0 Å². The van der Waals surface area contributed by atoms with Crippen LogP contribution in [0.4, 0.5) is 35.0 Å². The van der Waals surface area contributed by atoms with E-state index >= 15 is 0 Å². The highest BCUT2D eigenvalue weighted by atomic mass is 19.4. The van der Waals surface area contributed by atoms with Gasteiger partial charge in [-0.2, -0.15) is 13.2 Å². The zero-order valence-electron chi connectivity index (χ0n) is 26.5. The highest BCUT2D eigenvalue weighted by molar-refractivity contribution is 6.01. The Morgan fingerprint density at radius 3 is 1.98 bits per heavy atom. The number of halogens is 3. The van der Waals surface area contributed by atoms with E-state index in [4.69, 9.17) is 14.6 Å². The number of urea groups is 1. The van der Waals surface area contributed by atoms with Crippen molar-refractivity contribution in [2.45, 2.75) is 38.5 Å². The molecule has 0 aliphatic carbocycles. The van der Waals surface area contributed by atoms with E-state index in [2.05, 4.69) is 21.3 Å². The third kappa shape index (κ3) is 12.7. The molecule has 0 radical (unpaired) electrons. The molecule has 6 N–H and O–H groups in total. The van der Waals surface area contributed by atoms with Gasteiger partial charge in [-0.3, -0.25) is 9.59 Å². The van der Waals surface area contributed by atoms with Crippen LogP contribution in [0.3, 0.4) is 0 Å². The Morgan fingerprint density at radius 2 is 1.39 bits per heavy atom. The summed E-state index contributed by atoms with van der Waals surface area (Å²) in [6, 6.07) is 28.7. The van der Waals surface area contributed by atoms with Crippen LogP contribution in [0.2, 0.25) is 0 Å². The van der Waals surface area contributed by atoms with E-state index in [1.165, 1.54) is 7.11 Å². The molecular formula is C35H35F3N4O7. The van der Waals surface area contributed by atoms with E-state index in [0.29, 0.717) is 34.9 Å². The number of aryl methyl sites for hydroxylation is 1. The van der Waals surface area contributed by atoms with Gasteiger partial charge in [-0.1, -0.05) is 66.7 Å². The number of benzene rings is 4. The number of hydrogen-bond acceptors (Lipinski definition) is 6. The summed E-state index contributed by atoms with van der Waals surface area (Å²) >= 11 is 0. The summed E-state index contributed by atoms with van der Waals surface area (Å²) in [6.45, 7) is 2.44. The summed E-state index contributed by atoms with van der Waals surface area (Å²) in [6.07, 6.45) is -5.06. The maximum atomic E-state index is 12.8. The Morgan fingerprint density at radius 1 is 0.776 bits per heavy atom. The normalized spacial score (nSPS) is 11.3. The van der Waals surface area contributed by atoms with Crippen molar-refractivity contribution in [3.63, 3.8) is 0 Å². The number of carboxylic acid groups (broad SMARTS) is 2. The molecule has 4 aromatic carbocycles. The van der Waals surface area contributed by atoms with Crippen molar-refractivity contribution in [3.8, 4) is 5.75 Å². The molecule has 0 aliphatic heterocycles. The minimum Gasteiger partial charge on any atom is -0.495 e. The first-order valence-electron chi connectivity index (χ1n) is 14.7. The average Bonchev–Trinajstić information content (AvgIpc) is 3.05. The number of para-hydroxylation sites is 1. The summed E-state index contributed by atoms with van der Waals surface area (Å²) in [5.41, 5.74) is 5.29. The Balaban J connectivity index is 0.000000838. The quantitative estimate of drug-likeness (QED) is 0.0954. The van der Waals surface area contributed by atoms with Crippen LogP contribution < -0.4 is 26.0 Å².